The van der Waals surface area contributed by atoms with E-state index in [2.05, 4.69) is 77.9 Å². The minimum absolute atomic E-state index is 0. The molecule has 1 fully saturated rings. The van der Waals surface area contributed by atoms with E-state index in [4.69, 9.17) is 46.2 Å². The number of hydrogen-bond acceptors (Lipinski definition) is 19. The van der Waals surface area contributed by atoms with Gasteiger partial charge in [-0.05, 0) is 204 Å². The van der Waals surface area contributed by atoms with Crippen LogP contribution in [0.25, 0.3) is 4.98 Å². The SMILES string of the molecule is N#CCC#N.N#Cc1c(N)sc2c1CCCC2.N#Cc1c(N=Nc2cc3c4c(c2)CCCN4CCC3)sc2c1CCCC2.N#Cc1c([N+]#N)sc2c1CCCC2.O=C1CCCCC1.O=S([O-])O[O-].S.c1cc2c3c(c1)CCCN3CCC2. The molecule has 1 atom stereocenters. The largest absolute Gasteiger partial charge is 0.750 e. The molecule has 17 nitrogen and oxygen atoms in total. The number of azo groups is 1. The minimum Gasteiger partial charge on any atom is -0.750 e. The number of nitrogen functional groups attached to an aromatic ring is 1. The van der Waals surface area contributed by atoms with Crippen molar-refractivity contribution in [3.63, 3.8) is 0 Å². The van der Waals surface area contributed by atoms with E-state index in [9.17, 15) is 10.1 Å². The lowest BCUT2D eigenvalue weighted by atomic mass is 9.91. The smallest absolute Gasteiger partial charge is 0.458 e. The molecule has 5 aromatic rings. The summed E-state index contributed by atoms with van der Waals surface area (Å²) in [6.45, 7) is 4.94. The summed E-state index contributed by atoms with van der Waals surface area (Å²) in [5, 5.41) is 70.8. The molecular weight excluding hydrogens is 1130 g/mol. The molecule has 0 saturated heterocycles. The van der Waals surface area contributed by atoms with E-state index < -0.39 is 11.4 Å². The Labute approximate surface area is 503 Å². The Kier molecular flexibility index (Phi) is 26.4. The maximum Gasteiger partial charge on any atom is 0.458 e. The number of aryl methyl sites for hydroxylation is 7. The number of diazo groups is 1. The lowest BCUT2D eigenvalue weighted by Crippen LogP contribution is -2.34. The summed E-state index contributed by atoms with van der Waals surface area (Å²) in [6, 6.07) is 21.2. The first-order valence-corrected chi connectivity index (χ1v) is 31.6. The van der Waals surface area contributed by atoms with Crippen molar-refractivity contribution >= 4 is 96.7 Å². The molecule has 13 rings (SSSR count). The van der Waals surface area contributed by atoms with Gasteiger partial charge >= 0.3 is 5.00 Å². The molecule has 1 unspecified atom stereocenters. The van der Waals surface area contributed by atoms with Crippen molar-refractivity contribution in [3.05, 3.63) is 106 Å². The van der Waals surface area contributed by atoms with E-state index in [1.54, 1.807) is 51.6 Å². The Morgan fingerprint density at radius 3 is 1.45 bits per heavy atom. The molecule has 7 heterocycles. The second-order valence-electron chi connectivity index (χ2n) is 20.7. The minimum atomic E-state index is -2.88. The number of Topliss-reactive ketones (excluding diaryl/α,β-unsaturated/α-hetero) is 1. The molecule has 2 aromatic carbocycles. The quantitative estimate of drug-likeness (QED) is 0.0578. The number of nitrogens with zero attached hydrogens (tertiary/aromatic N) is 11. The third-order valence-electron chi connectivity index (χ3n) is 15.4. The number of rotatable bonds is 3. The molecule has 0 radical (unpaired) electrons. The van der Waals surface area contributed by atoms with Crippen LogP contribution in [0.3, 0.4) is 0 Å². The standard InChI is InChI=1S/C21H22N4S.C12H15N.C9H8N3S.C9H10N2S.C6H10O.C3H2N2.H2O4S.H2S/c22-13-18-17-7-1-2-8-19(17)26-21(18)24-23-16-11-14-5-3-9-25-10-4-6-15(12-16)20(14)25;1-4-10-6-2-8-13-9-3-7-11(5-1)12(10)13;10-5-7-6-3-1-2-4-8(6)13-9(7)12-11;10-5-7-6-3-1-2-4-8(6)12-9(7)11;7-6-4-2-1-3-5-6;4-2-1-3-5;1-4-5(2)3;/h11-12H,1-10H2;1,4-5H,2-3,6-9H2;1-4H2;1-4,11H2;1-5H2;1H2;1H,(H,2,3);1H2/q;;+1;;;;;/p-2. The van der Waals surface area contributed by atoms with E-state index in [1.165, 1.54) is 157 Å². The van der Waals surface area contributed by atoms with Crippen molar-refractivity contribution in [2.45, 2.75) is 167 Å². The van der Waals surface area contributed by atoms with Gasteiger partial charge in [-0.2, -0.15) is 39.8 Å². The highest BCUT2D eigenvalue weighted by molar-refractivity contribution is 7.73. The summed E-state index contributed by atoms with van der Waals surface area (Å²) in [6.07, 6.45) is 28.7. The molecule has 2 N–H and O–H groups in total. The number of para-hydroxylation sites is 1. The van der Waals surface area contributed by atoms with Crippen molar-refractivity contribution < 1.29 is 23.1 Å². The number of carbonyl (C=O) groups excluding carboxylic acids is 1. The summed E-state index contributed by atoms with van der Waals surface area (Å²) in [7, 11) is 0. The van der Waals surface area contributed by atoms with Crippen LogP contribution in [-0.2, 0) is 84.7 Å². The molecule has 430 valence electrons. The Balaban J connectivity index is 0.000000166. The highest BCUT2D eigenvalue weighted by atomic mass is 32.2. The van der Waals surface area contributed by atoms with Crippen LogP contribution < -0.4 is 20.8 Å². The van der Waals surface area contributed by atoms with Gasteiger partial charge in [-0.3, -0.25) is 4.79 Å². The highest BCUT2D eigenvalue weighted by Gasteiger charge is 2.29. The average Bonchev–Trinajstić information content (AvgIpc) is 4.11. The molecule has 0 amide bonds. The fourth-order valence-electron chi connectivity index (χ4n) is 11.8. The van der Waals surface area contributed by atoms with Gasteiger partial charge < -0.3 is 29.7 Å². The monoisotopic (exact) mass is 1200 g/mol. The molecule has 0 bridgehead atoms. The number of hydrogen-bond donors (Lipinski definition) is 1. The summed E-state index contributed by atoms with van der Waals surface area (Å²) in [5.74, 6) is 0.464. The Morgan fingerprint density at radius 2 is 1.01 bits per heavy atom. The number of thiophene rings is 3. The molecular formula is C60H69N12O5S5-. The van der Waals surface area contributed by atoms with Gasteiger partial charge in [0.15, 0.2) is 15.5 Å². The van der Waals surface area contributed by atoms with Crippen molar-refractivity contribution in [2.75, 3.05) is 41.7 Å². The summed E-state index contributed by atoms with van der Waals surface area (Å²) < 4.78 is 20.1. The number of benzene rings is 2. The molecule has 4 aliphatic heterocycles. The van der Waals surface area contributed by atoms with Crippen LogP contribution in [0, 0.1) is 62.0 Å². The third kappa shape index (κ3) is 17.3. The Hall–Kier alpha value is -6.54. The van der Waals surface area contributed by atoms with E-state index in [-0.39, 0.29) is 19.9 Å². The molecule has 82 heavy (non-hydrogen) atoms. The topological polar surface area (TPSA) is 294 Å². The van der Waals surface area contributed by atoms with E-state index in [0.29, 0.717) is 21.3 Å². The molecule has 0 spiro atoms. The van der Waals surface area contributed by atoms with Crippen LogP contribution in [0.1, 0.15) is 173 Å². The predicted octanol–water partition coefficient (Wildman–Crippen LogP) is 13.2. The van der Waals surface area contributed by atoms with Crippen LogP contribution in [0.4, 0.5) is 32.1 Å². The number of carbonyl (C=O) groups is 1. The van der Waals surface area contributed by atoms with Gasteiger partial charge in [0.25, 0.3) is 0 Å². The molecule has 4 aliphatic carbocycles. The molecule has 3 aromatic heterocycles. The van der Waals surface area contributed by atoms with E-state index in [0.717, 1.165) is 111 Å². The van der Waals surface area contributed by atoms with Crippen LogP contribution in [0.5, 0.6) is 0 Å². The average molecular weight is 1200 g/mol. The molecule has 8 aliphatic rings. The van der Waals surface area contributed by atoms with Crippen molar-refractivity contribution in [3.8, 4) is 30.3 Å². The fraction of sp³-hybridized carbons (Fsp3) is 0.500. The second kappa shape index (κ2) is 33.5. The lowest BCUT2D eigenvalue weighted by molar-refractivity contribution is -0.635. The van der Waals surface area contributed by atoms with Gasteiger partial charge in [0.1, 0.15) is 35.4 Å². The number of fused-ring (bicyclic) bond motifs is 3. The van der Waals surface area contributed by atoms with Gasteiger partial charge in [-0.1, -0.05) is 24.6 Å². The van der Waals surface area contributed by atoms with Crippen LogP contribution in [0.2, 0.25) is 0 Å². The van der Waals surface area contributed by atoms with E-state index >= 15 is 0 Å². The van der Waals surface area contributed by atoms with Crippen molar-refractivity contribution in [2.24, 2.45) is 10.2 Å². The summed E-state index contributed by atoms with van der Waals surface area (Å²) in [5.41, 5.74) is 21.4. The maximum absolute atomic E-state index is 10.5. The first kappa shape index (κ1) is 64.6. The molecule has 22 heteroatoms. The van der Waals surface area contributed by atoms with Gasteiger partial charge in [0, 0.05) is 65.0 Å². The molecule has 1 saturated carbocycles. The van der Waals surface area contributed by atoms with Crippen molar-refractivity contribution in [1.29, 1.82) is 31.7 Å². The zero-order valence-electron chi connectivity index (χ0n) is 46.3. The van der Waals surface area contributed by atoms with Gasteiger partial charge in [0.2, 0.25) is 5.39 Å². The van der Waals surface area contributed by atoms with Gasteiger partial charge in [-0.15, -0.1) is 32.9 Å². The van der Waals surface area contributed by atoms with Crippen LogP contribution >= 0.6 is 47.5 Å². The van der Waals surface area contributed by atoms with Crippen LogP contribution in [0.15, 0.2) is 40.6 Å². The maximum atomic E-state index is 10.5. The first-order chi connectivity index (χ1) is 39.5. The summed E-state index contributed by atoms with van der Waals surface area (Å²) >= 11 is 1.83. The van der Waals surface area contributed by atoms with Gasteiger partial charge in [0.05, 0.1) is 40.3 Å². The van der Waals surface area contributed by atoms with E-state index in [1.807, 2.05) is 0 Å². The third-order valence-corrected chi connectivity index (χ3v) is 19.0. The summed E-state index contributed by atoms with van der Waals surface area (Å²) in [4.78, 5) is 22.6. The van der Waals surface area contributed by atoms with Gasteiger partial charge in [-0.25, -0.2) is 4.21 Å². The lowest BCUT2D eigenvalue weighted by Gasteiger charge is -2.36. The van der Waals surface area contributed by atoms with Crippen LogP contribution in [-0.4, -0.2) is 40.7 Å². The van der Waals surface area contributed by atoms with Crippen molar-refractivity contribution in [1.82, 2.24) is 0 Å². The second-order valence-corrected chi connectivity index (χ2v) is 24.5. The number of anilines is 3. The number of nitriles is 5. The Bertz CT molecular complexity index is 3250. The normalized spacial score (nSPS) is 16.6. The Morgan fingerprint density at radius 1 is 0.585 bits per heavy atom. The predicted molar refractivity (Wildman–Crippen MR) is 325 cm³/mol. The number of nitrogens with two attached hydrogens (primary N) is 1. The first-order valence-electron chi connectivity index (χ1n) is 28.1. The number of ketones is 1. The highest BCUT2D eigenvalue weighted by Crippen LogP contribution is 2.43. The zero-order valence-corrected chi connectivity index (χ0v) is 50.5. The zero-order chi connectivity index (χ0) is 57.5. The fourth-order valence-corrected chi connectivity index (χ4v) is 15.2.